The van der Waals surface area contributed by atoms with Crippen molar-refractivity contribution >= 4 is 5.97 Å². The Kier molecular flexibility index (Phi) is 10.3. The number of allylic oxidation sites excluding steroid dienone is 4. The van der Waals surface area contributed by atoms with Crippen LogP contribution in [0.3, 0.4) is 0 Å². The first-order valence-corrected chi connectivity index (χ1v) is 5.72. The molecule has 0 aromatic rings. The van der Waals surface area contributed by atoms with Gasteiger partial charge in [-0.25, -0.2) is 0 Å². The van der Waals surface area contributed by atoms with Crippen LogP contribution >= 0.6 is 0 Å². The highest BCUT2D eigenvalue weighted by Crippen LogP contribution is 1.96. The summed E-state index contributed by atoms with van der Waals surface area (Å²) in [6.07, 6.45) is 14.0. The molecule has 0 unspecified atom stereocenters. The fourth-order valence-corrected chi connectivity index (χ4v) is 1.09. The van der Waals surface area contributed by atoms with Gasteiger partial charge in [0.25, 0.3) is 0 Å². The van der Waals surface area contributed by atoms with Gasteiger partial charge in [-0.2, -0.15) is 0 Å². The zero-order chi connectivity index (χ0) is 11.4. The molecule has 0 rings (SSSR count). The number of hydrogen-bond acceptors (Lipinski definition) is 2. The quantitative estimate of drug-likeness (QED) is 0.347. The van der Waals surface area contributed by atoms with Crippen LogP contribution in [0.25, 0.3) is 0 Å². The summed E-state index contributed by atoms with van der Waals surface area (Å²) in [6.45, 7) is 4.16. The molecule has 15 heavy (non-hydrogen) atoms. The molecule has 0 N–H and O–H groups in total. The molecule has 0 radical (unpaired) electrons. The first kappa shape index (κ1) is 13.9. The van der Waals surface area contributed by atoms with Crippen LogP contribution in [0, 0.1) is 0 Å². The summed E-state index contributed by atoms with van der Waals surface area (Å²) < 4.78 is 4.81. The van der Waals surface area contributed by atoms with Crippen molar-refractivity contribution in [2.75, 3.05) is 6.61 Å². The molecule has 0 heterocycles. The van der Waals surface area contributed by atoms with Gasteiger partial charge in [0.05, 0.1) is 6.61 Å². The Hall–Kier alpha value is -1.05. The first-order chi connectivity index (χ1) is 7.27. The molecule has 0 saturated carbocycles. The van der Waals surface area contributed by atoms with Crippen LogP contribution in [0.4, 0.5) is 0 Å². The number of carbonyl (C=O) groups excluding carboxylic acids is 1. The molecule has 0 aromatic heterocycles. The lowest BCUT2D eigenvalue weighted by molar-refractivity contribution is -0.141. The minimum Gasteiger partial charge on any atom is -0.466 e. The Balaban J connectivity index is 3.23. The number of rotatable bonds is 8. The third-order valence-corrected chi connectivity index (χ3v) is 1.93. The zero-order valence-corrected chi connectivity index (χ0v) is 9.87. The second kappa shape index (κ2) is 11.0. The van der Waals surface area contributed by atoms with Crippen LogP contribution < -0.4 is 0 Å². The molecule has 0 spiro atoms. The van der Waals surface area contributed by atoms with Crippen molar-refractivity contribution in [3.8, 4) is 0 Å². The van der Waals surface area contributed by atoms with Gasteiger partial charge < -0.3 is 4.74 Å². The molecule has 86 valence electrons. The van der Waals surface area contributed by atoms with Crippen molar-refractivity contribution in [2.45, 2.75) is 46.0 Å². The lowest BCUT2D eigenvalue weighted by Crippen LogP contribution is -1.99. The highest BCUT2D eigenvalue weighted by atomic mass is 16.5. The fraction of sp³-hybridized carbons (Fsp3) is 0.615. The maximum absolute atomic E-state index is 10.4. The second-order valence-electron chi connectivity index (χ2n) is 3.48. The fourth-order valence-electron chi connectivity index (χ4n) is 1.09. The summed E-state index contributed by atoms with van der Waals surface area (Å²) in [5.74, 6) is -0.196. The molecule has 0 aliphatic rings. The largest absolute Gasteiger partial charge is 0.466 e. The Labute approximate surface area is 93.0 Å². The van der Waals surface area contributed by atoms with Crippen molar-refractivity contribution < 1.29 is 9.53 Å². The zero-order valence-electron chi connectivity index (χ0n) is 9.87. The van der Waals surface area contributed by atoms with Crippen LogP contribution in [0.1, 0.15) is 46.0 Å². The Morgan fingerprint density at radius 1 is 1.13 bits per heavy atom. The van der Waals surface area contributed by atoms with Crippen LogP contribution in [0.15, 0.2) is 24.3 Å². The predicted octanol–water partition coefficient (Wildman–Crippen LogP) is 3.63. The van der Waals surface area contributed by atoms with Gasteiger partial charge in [-0.3, -0.25) is 4.79 Å². The van der Waals surface area contributed by atoms with E-state index in [1.807, 2.05) is 0 Å². The molecule has 2 heteroatoms. The van der Waals surface area contributed by atoms with Crippen LogP contribution in [-0.4, -0.2) is 12.6 Å². The summed E-state index contributed by atoms with van der Waals surface area (Å²) in [7, 11) is 0. The maximum atomic E-state index is 10.4. The number of carbonyl (C=O) groups is 1. The van der Waals surface area contributed by atoms with E-state index in [1.165, 1.54) is 19.8 Å². The molecule has 2 nitrogen and oxygen atoms in total. The van der Waals surface area contributed by atoms with Crippen LogP contribution in [0.5, 0.6) is 0 Å². The normalized spacial score (nSPS) is 11.3. The van der Waals surface area contributed by atoms with E-state index in [9.17, 15) is 4.79 Å². The molecule has 0 fully saturated rings. The van der Waals surface area contributed by atoms with Gasteiger partial charge in [0.1, 0.15) is 0 Å². The molecule has 0 aliphatic carbocycles. The van der Waals surface area contributed by atoms with E-state index >= 15 is 0 Å². The van der Waals surface area contributed by atoms with Gasteiger partial charge in [-0.15, -0.1) is 0 Å². The van der Waals surface area contributed by atoms with E-state index < -0.39 is 0 Å². The van der Waals surface area contributed by atoms with E-state index in [4.69, 9.17) is 4.74 Å². The maximum Gasteiger partial charge on any atom is 0.302 e. The number of hydrogen-bond donors (Lipinski definition) is 0. The van der Waals surface area contributed by atoms with Gasteiger partial charge in [0.2, 0.25) is 0 Å². The first-order valence-electron chi connectivity index (χ1n) is 5.72. The molecule has 0 bridgehead atoms. The minimum absolute atomic E-state index is 0.196. The van der Waals surface area contributed by atoms with E-state index in [0.717, 1.165) is 19.3 Å². The van der Waals surface area contributed by atoms with E-state index in [0.29, 0.717) is 6.61 Å². The van der Waals surface area contributed by atoms with E-state index in [1.54, 1.807) is 0 Å². The molecule has 0 aromatic carbocycles. The van der Waals surface area contributed by atoms with Crippen molar-refractivity contribution in [3.05, 3.63) is 24.3 Å². The van der Waals surface area contributed by atoms with Crippen molar-refractivity contribution in [1.29, 1.82) is 0 Å². The van der Waals surface area contributed by atoms with Gasteiger partial charge in [0, 0.05) is 6.92 Å². The summed E-state index contributed by atoms with van der Waals surface area (Å²) in [4.78, 5) is 10.4. The van der Waals surface area contributed by atoms with Gasteiger partial charge in [-0.1, -0.05) is 44.1 Å². The predicted molar refractivity (Wildman–Crippen MR) is 63.7 cm³/mol. The van der Waals surface area contributed by atoms with Gasteiger partial charge >= 0.3 is 5.97 Å². The highest BCUT2D eigenvalue weighted by molar-refractivity contribution is 5.65. The third kappa shape index (κ3) is 12.9. The molecule has 0 saturated heterocycles. The number of ether oxygens (including phenoxy) is 1. The minimum atomic E-state index is -0.196. The smallest absolute Gasteiger partial charge is 0.302 e. The molecule has 0 amide bonds. The van der Waals surface area contributed by atoms with Crippen molar-refractivity contribution in [2.24, 2.45) is 0 Å². The van der Waals surface area contributed by atoms with Gasteiger partial charge in [0.15, 0.2) is 0 Å². The Morgan fingerprint density at radius 2 is 1.73 bits per heavy atom. The van der Waals surface area contributed by atoms with Crippen molar-refractivity contribution in [3.63, 3.8) is 0 Å². The van der Waals surface area contributed by atoms with Gasteiger partial charge in [-0.05, 0) is 19.3 Å². The molecule has 0 atom stereocenters. The summed E-state index contributed by atoms with van der Waals surface area (Å²) >= 11 is 0. The van der Waals surface area contributed by atoms with Crippen LogP contribution in [0.2, 0.25) is 0 Å². The summed E-state index contributed by atoms with van der Waals surface area (Å²) in [5.41, 5.74) is 0. The van der Waals surface area contributed by atoms with E-state index in [2.05, 4.69) is 31.2 Å². The lowest BCUT2D eigenvalue weighted by atomic mass is 10.2. The Morgan fingerprint density at radius 3 is 2.27 bits per heavy atom. The highest BCUT2D eigenvalue weighted by Gasteiger charge is 1.89. The summed E-state index contributed by atoms with van der Waals surface area (Å²) in [6, 6.07) is 0. The lowest BCUT2D eigenvalue weighted by Gasteiger charge is -1.97. The monoisotopic (exact) mass is 210 g/mol. The van der Waals surface area contributed by atoms with E-state index in [-0.39, 0.29) is 5.97 Å². The number of esters is 1. The molecular formula is C13H22O2. The second-order valence-corrected chi connectivity index (χ2v) is 3.48. The number of unbranched alkanes of at least 4 members (excludes halogenated alkanes) is 3. The summed E-state index contributed by atoms with van der Waals surface area (Å²) in [5, 5.41) is 0. The topological polar surface area (TPSA) is 26.3 Å². The SMILES string of the molecule is CCCC/C=C/C=C\CCCOC(C)=O. The third-order valence-electron chi connectivity index (χ3n) is 1.93. The average Bonchev–Trinajstić information content (AvgIpc) is 2.20. The molecular weight excluding hydrogens is 188 g/mol. The van der Waals surface area contributed by atoms with Crippen LogP contribution in [-0.2, 0) is 9.53 Å². The molecule has 0 aliphatic heterocycles. The Bertz CT molecular complexity index is 205. The van der Waals surface area contributed by atoms with Crippen molar-refractivity contribution in [1.82, 2.24) is 0 Å². The average molecular weight is 210 g/mol. The standard InChI is InChI=1S/C13H22O2/c1-3-4-5-6-7-8-9-10-11-12-15-13(2)14/h6-9H,3-5,10-12H2,1-2H3/b7-6+,9-8-.